The molecule has 0 aliphatic rings. The number of hydrogen-bond acceptors (Lipinski definition) is 4. The summed E-state index contributed by atoms with van der Waals surface area (Å²) in [6, 6.07) is 13.9. The zero-order valence-electron chi connectivity index (χ0n) is 21.6. The van der Waals surface area contributed by atoms with E-state index in [4.69, 9.17) is 4.74 Å². The first-order valence-corrected chi connectivity index (χ1v) is 12.4. The molecular weight excluding hydrogens is 418 g/mol. The van der Waals surface area contributed by atoms with E-state index in [1.165, 1.54) is 0 Å². The van der Waals surface area contributed by atoms with Crippen LogP contribution in [0.25, 0.3) is 11.1 Å². The molecule has 1 amide bonds. The van der Waals surface area contributed by atoms with Crippen LogP contribution in [0.5, 0.6) is 0 Å². The average molecular weight is 462 g/mol. The molecule has 32 heavy (non-hydrogen) atoms. The van der Waals surface area contributed by atoms with Crippen molar-refractivity contribution in [2.45, 2.75) is 85.8 Å². The molecule has 0 saturated heterocycles. The van der Waals surface area contributed by atoms with E-state index in [1.807, 2.05) is 89.7 Å². The second-order valence-electron chi connectivity index (χ2n) is 9.18. The molecule has 180 valence electrons. The normalized spacial score (nSPS) is 10.8. The summed E-state index contributed by atoms with van der Waals surface area (Å²) >= 11 is 1.88. The van der Waals surface area contributed by atoms with E-state index in [1.54, 1.807) is 0 Å². The summed E-state index contributed by atoms with van der Waals surface area (Å²) in [5, 5.41) is 12.1. The third kappa shape index (κ3) is 12.8. The first-order chi connectivity index (χ1) is 14.8. The molecule has 0 bridgehead atoms. The number of carbonyl (C=O) groups is 1. The van der Waals surface area contributed by atoms with Crippen molar-refractivity contribution in [3.05, 3.63) is 59.2 Å². The monoisotopic (exact) mass is 461 g/mol. The van der Waals surface area contributed by atoms with Crippen LogP contribution in [-0.2, 0) is 17.9 Å². The second kappa shape index (κ2) is 14.2. The lowest BCUT2D eigenvalue weighted by molar-refractivity contribution is 0.0523. The Labute approximate surface area is 200 Å². The SMILES string of the molecule is CC.CSC(C)(C)C.Cc1ccc(CNC(=O)OC(C)(C)C)cc1-c1cccc(CO)c1. The Kier molecular flexibility index (Phi) is 13.3. The molecule has 0 aliphatic heterocycles. The largest absolute Gasteiger partial charge is 0.444 e. The van der Waals surface area contributed by atoms with Gasteiger partial charge < -0.3 is 15.2 Å². The van der Waals surface area contributed by atoms with Crippen molar-refractivity contribution in [3.8, 4) is 11.1 Å². The summed E-state index contributed by atoms with van der Waals surface area (Å²) < 4.78 is 5.71. The minimum Gasteiger partial charge on any atom is -0.444 e. The maximum Gasteiger partial charge on any atom is 0.407 e. The zero-order chi connectivity index (χ0) is 24.9. The highest BCUT2D eigenvalue weighted by Crippen LogP contribution is 2.25. The quantitative estimate of drug-likeness (QED) is 0.499. The molecular formula is C27H43NO3S. The number of rotatable bonds is 4. The number of aliphatic hydroxyl groups is 1. The number of hydrogen-bond donors (Lipinski definition) is 2. The van der Waals surface area contributed by atoms with Crippen molar-refractivity contribution in [3.63, 3.8) is 0 Å². The van der Waals surface area contributed by atoms with Crippen molar-refractivity contribution in [2.24, 2.45) is 0 Å². The molecule has 2 rings (SSSR count). The summed E-state index contributed by atoms with van der Waals surface area (Å²) in [7, 11) is 0. The molecule has 0 saturated carbocycles. The molecule has 0 heterocycles. The van der Waals surface area contributed by atoms with Gasteiger partial charge in [0.15, 0.2) is 0 Å². The highest BCUT2D eigenvalue weighted by Gasteiger charge is 2.15. The van der Waals surface area contributed by atoms with E-state index < -0.39 is 11.7 Å². The van der Waals surface area contributed by atoms with Gasteiger partial charge in [0, 0.05) is 11.3 Å². The number of benzene rings is 2. The highest BCUT2D eigenvalue weighted by atomic mass is 32.2. The minimum atomic E-state index is -0.507. The van der Waals surface area contributed by atoms with E-state index in [9.17, 15) is 9.90 Å². The van der Waals surface area contributed by atoms with Gasteiger partial charge in [0.25, 0.3) is 0 Å². The molecule has 0 spiro atoms. The number of nitrogens with one attached hydrogen (secondary N) is 1. The van der Waals surface area contributed by atoms with Crippen LogP contribution >= 0.6 is 11.8 Å². The Morgan fingerprint density at radius 1 is 1.00 bits per heavy atom. The van der Waals surface area contributed by atoms with Crippen molar-refractivity contribution in [1.29, 1.82) is 0 Å². The van der Waals surface area contributed by atoms with Crippen LogP contribution in [0.1, 0.15) is 72.1 Å². The van der Waals surface area contributed by atoms with Gasteiger partial charge in [-0.1, -0.05) is 65.0 Å². The highest BCUT2D eigenvalue weighted by molar-refractivity contribution is 7.99. The van der Waals surface area contributed by atoms with E-state index >= 15 is 0 Å². The number of amides is 1. The fraction of sp³-hybridized carbons (Fsp3) is 0.519. The van der Waals surface area contributed by atoms with Crippen LogP contribution in [0.4, 0.5) is 4.79 Å². The predicted octanol–water partition coefficient (Wildman–Crippen LogP) is 7.35. The summed E-state index contributed by atoms with van der Waals surface area (Å²) in [5.74, 6) is 0. The van der Waals surface area contributed by atoms with Crippen molar-refractivity contribution in [1.82, 2.24) is 5.32 Å². The van der Waals surface area contributed by atoms with Gasteiger partial charge in [-0.05, 0) is 73.9 Å². The van der Waals surface area contributed by atoms with Crippen LogP contribution < -0.4 is 5.32 Å². The Hall–Kier alpha value is -1.98. The molecule has 2 aromatic carbocycles. The van der Waals surface area contributed by atoms with E-state index in [0.717, 1.165) is 27.8 Å². The molecule has 0 aromatic heterocycles. The van der Waals surface area contributed by atoms with Crippen LogP contribution in [0.2, 0.25) is 0 Å². The lowest BCUT2D eigenvalue weighted by Crippen LogP contribution is -2.32. The zero-order valence-corrected chi connectivity index (χ0v) is 22.4. The second-order valence-corrected chi connectivity index (χ2v) is 10.8. The van der Waals surface area contributed by atoms with Crippen molar-refractivity contribution in [2.75, 3.05) is 6.26 Å². The van der Waals surface area contributed by atoms with E-state index in [2.05, 4.69) is 38.4 Å². The Morgan fingerprint density at radius 2 is 1.59 bits per heavy atom. The summed E-state index contributed by atoms with van der Waals surface area (Å²) in [5.41, 5.74) is 4.66. The summed E-state index contributed by atoms with van der Waals surface area (Å²) in [6.07, 6.45) is 1.70. The van der Waals surface area contributed by atoms with Crippen LogP contribution in [0.3, 0.4) is 0 Å². The maximum atomic E-state index is 11.8. The molecule has 2 aromatic rings. The Balaban J connectivity index is 0.00000104. The minimum absolute atomic E-state index is 0.0206. The van der Waals surface area contributed by atoms with E-state index in [0.29, 0.717) is 11.3 Å². The van der Waals surface area contributed by atoms with Gasteiger partial charge >= 0.3 is 6.09 Å². The molecule has 0 aliphatic carbocycles. The van der Waals surface area contributed by atoms with Gasteiger partial charge in [-0.15, -0.1) is 0 Å². The van der Waals surface area contributed by atoms with Crippen LogP contribution in [-0.4, -0.2) is 27.8 Å². The Morgan fingerprint density at radius 3 is 2.09 bits per heavy atom. The number of thioether (sulfide) groups is 1. The van der Waals surface area contributed by atoms with Gasteiger partial charge in [-0.2, -0.15) is 11.8 Å². The standard InChI is InChI=1S/C20H25NO3.C5H12S.C2H6/c1-14-8-9-15(12-21-19(23)24-20(2,3)4)11-18(14)17-7-5-6-16(10-17)13-22;1-5(2,3)6-4;1-2/h5-11,22H,12-13H2,1-4H3,(H,21,23);1-4H3;1-2H3. The summed E-state index contributed by atoms with van der Waals surface area (Å²) in [6.45, 7) is 18.6. The third-order valence-corrected chi connectivity index (χ3v) is 5.40. The van der Waals surface area contributed by atoms with Gasteiger partial charge in [-0.25, -0.2) is 4.79 Å². The Bertz CT molecular complexity index is 820. The molecule has 4 nitrogen and oxygen atoms in total. The fourth-order valence-electron chi connectivity index (χ4n) is 2.42. The van der Waals surface area contributed by atoms with Gasteiger partial charge in [0.05, 0.1) is 6.61 Å². The topological polar surface area (TPSA) is 58.6 Å². The van der Waals surface area contributed by atoms with Crippen molar-refractivity contribution >= 4 is 17.9 Å². The predicted molar refractivity (Wildman–Crippen MR) is 140 cm³/mol. The third-order valence-electron chi connectivity index (χ3n) is 4.17. The summed E-state index contributed by atoms with van der Waals surface area (Å²) in [4.78, 5) is 11.8. The first-order valence-electron chi connectivity index (χ1n) is 11.2. The molecule has 2 N–H and O–H groups in total. The average Bonchev–Trinajstić information content (AvgIpc) is 2.73. The maximum absolute atomic E-state index is 11.8. The number of aliphatic hydroxyl groups excluding tert-OH is 1. The number of aryl methyl sites for hydroxylation is 1. The van der Waals surface area contributed by atoms with Crippen LogP contribution in [0.15, 0.2) is 42.5 Å². The molecule has 0 unspecified atom stereocenters. The van der Waals surface area contributed by atoms with Crippen molar-refractivity contribution < 1.29 is 14.6 Å². The molecule has 0 fully saturated rings. The van der Waals surface area contributed by atoms with Gasteiger partial charge in [0.2, 0.25) is 0 Å². The fourth-order valence-corrected chi connectivity index (χ4v) is 2.42. The molecule has 5 heteroatoms. The van der Waals surface area contributed by atoms with Gasteiger partial charge in [0.1, 0.15) is 5.60 Å². The smallest absolute Gasteiger partial charge is 0.407 e. The van der Waals surface area contributed by atoms with Crippen LogP contribution in [0, 0.1) is 6.92 Å². The number of carbonyl (C=O) groups excluding carboxylic acids is 1. The van der Waals surface area contributed by atoms with E-state index in [-0.39, 0.29) is 6.61 Å². The first kappa shape index (κ1) is 30.0. The lowest BCUT2D eigenvalue weighted by Gasteiger charge is -2.19. The lowest BCUT2D eigenvalue weighted by atomic mass is 9.97. The number of alkyl carbamates (subject to hydrolysis) is 1. The molecule has 0 radical (unpaired) electrons. The van der Waals surface area contributed by atoms with Gasteiger partial charge in [-0.3, -0.25) is 0 Å². The number of ether oxygens (including phenoxy) is 1. The molecule has 0 atom stereocenters.